The molecule has 0 aliphatic heterocycles. The summed E-state index contributed by atoms with van der Waals surface area (Å²) in [6.07, 6.45) is -5.60. The monoisotopic (exact) mass is 248 g/mol. The summed E-state index contributed by atoms with van der Waals surface area (Å²) in [6, 6.07) is 0.340. The molecule has 1 aromatic heterocycles. The molecule has 16 heavy (non-hydrogen) atoms. The smallest absolute Gasteiger partial charge is 0.194 e. The van der Waals surface area contributed by atoms with Gasteiger partial charge in [0.15, 0.2) is 0 Å². The molecule has 0 radical (unpaired) electrons. The molecule has 0 aliphatic carbocycles. The van der Waals surface area contributed by atoms with Gasteiger partial charge in [-0.1, -0.05) is 0 Å². The fourth-order valence-electron chi connectivity index (χ4n) is 0.836. The third-order valence-electron chi connectivity index (χ3n) is 1.70. The highest BCUT2D eigenvalue weighted by Crippen LogP contribution is 2.51. The van der Waals surface area contributed by atoms with Gasteiger partial charge >= 0.3 is 18.0 Å². The van der Waals surface area contributed by atoms with E-state index in [1.807, 2.05) is 0 Å². The van der Waals surface area contributed by atoms with Gasteiger partial charge in [0.05, 0.1) is 12.4 Å². The van der Waals surface area contributed by atoms with E-state index in [-0.39, 0.29) is 6.20 Å². The number of halogens is 7. The first kappa shape index (κ1) is 12.7. The average Bonchev–Trinajstić information content (AvgIpc) is 2.17. The molecule has 1 heterocycles. The molecule has 2 nitrogen and oxygen atoms in total. The Hall–Kier alpha value is -1.41. The maximum absolute atomic E-state index is 12.9. The lowest BCUT2D eigenvalue weighted by molar-refractivity contribution is -0.359. The maximum atomic E-state index is 12.9. The lowest BCUT2D eigenvalue weighted by Crippen LogP contribution is -2.50. The topological polar surface area (TPSA) is 25.8 Å². The number of hydrogen-bond acceptors (Lipinski definition) is 2. The van der Waals surface area contributed by atoms with E-state index in [1.165, 1.54) is 0 Å². The third-order valence-corrected chi connectivity index (χ3v) is 1.70. The van der Waals surface area contributed by atoms with E-state index >= 15 is 0 Å². The van der Waals surface area contributed by atoms with Gasteiger partial charge < -0.3 is 0 Å². The maximum Gasteiger partial charge on any atom is 0.460 e. The standard InChI is InChI=1S/C7H3F7N2/c8-5(9,4-1-2-15-16-3-4)6(10,11)7(12,13)14/h1-3H. The summed E-state index contributed by atoms with van der Waals surface area (Å²) in [7, 11) is 0. The number of rotatable bonds is 2. The van der Waals surface area contributed by atoms with Gasteiger partial charge in [0, 0.05) is 5.56 Å². The van der Waals surface area contributed by atoms with E-state index in [2.05, 4.69) is 10.2 Å². The van der Waals surface area contributed by atoms with Gasteiger partial charge in [-0.2, -0.15) is 40.9 Å². The first-order valence-electron chi connectivity index (χ1n) is 3.70. The minimum Gasteiger partial charge on any atom is -0.194 e. The third kappa shape index (κ3) is 1.81. The Labute approximate surface area is 84.1 Å². The van der Waals surface area contributed by atoms with Crippen LogP contribution in [-0.4, -0.2) is 22.3 Å². The first-order valence-corrected chi connectivity index (χ1v) is 3.70. The second kappa shape index (κ2) is 3.56. The zero-order chi connectivity index (χ0) is 12.6. The van der Waals surface area contributed by atoms with E-state index in [4.69, 9.17) is 0 Å². The summed E-state index contributed by atoms with van der Waals surface area (Å²) in [6.45, 7) is 0. The normalized spacial score (nSPS) is 13.9. The van der Waals surface area contributed by atoms with Crippen molar-refractivity contribution in [3.8, 4) is 0 Å². The predicted molar refractivity (Wildman–Crippen MR) is 36.9 cm³/mol. The van der Waals surface area contributed by atoms with Crippen LogP contribution < -0.4 is 0 Å². The highest BCUT2D eigenvalue weighted by atomic mass is 19.4. The largest absolute Gasteiger partial charge is 0.460 e. The van der Waals surface area contributed by atoms with Crippen molar-refractivity contribution >= 4 is 0 Å². The van der Waals surface area contributed by atoms with Gasteiger partial charge in [-0.05, 0) is 6.07 Å². The molecule has 1 aromatic rings. The van der Waals surface area contributed by atoms with Crippen LogP contribution in [0.25, 0.3) is 0 Å². The van der Waals surface area contributed by atoms with E-state index in [0.29, 0.717) is 12.3 Å². The molecule has 0 atom stereocenters. The lowest BCUT2D eigenvalue weighted by atomic mass is 10.0. The summed E-state index contributed by atoms with van der Waals surface area (Å²) < 4.78 is 86.0. The van der Waals surface area contributed by atoms with Crippen molar-refractivity contribution in [2.24, 2.45) is 0 Å². The fraction of sp³-hybridized carbons (Fsp3) is 0.429. The summed E-state index contributed by atoms with van der Waals surface area (Å²) in [4.78, 5) is 0. The van der Waals surface area contributed by atoms with Gasteiger partial charge in [0.1, 0.15) is 0 Å². The van der Waals surface area contributed by atoms with Crippen LogP contribution in [0.3, 0.4) is 0 Å². The zero-order valence-electron chi connectivity index (χ0n) is 7.27. The van der Waals surface area contributed by atoms with Gasteiger partial charge in [-0.15, -0.1) is 0 Å². The van der Waals surface area contributed by atoms with Gasteiger partial charge in [-0.25, -0.2) is 0 Å². The van der Waals surface area contributed by atoms with Crippen LogP contribution in [0, 0.1) is 0 Å². The van der Waals surface area contributed by atoms with Crippen molar-refractivity contribution in [3.05, 3.63) is 24.0 Å². The van der Waals surface area contributed by atoms with Crippen molar-refractivity contribution < 1.29 is 30.7 Å². The molecule has 0 fully saturated rings. The van der Waals surface area contributed by atoms with Crippen LogP contribution in [0.5, 0.6) is 0 Å². The summed E-state index contributed by atoms with van der Waals surface area (Å²) in [5.41, 5.74) is -1.55. The van der Waals surface area contributed by atoms with E-state index < -0.39 is 23.6 Å². The van der Waals surface area contributed by atoms with Crippen molar-refractivity contribution in [3.63, 3.8) is 0 Å². The van der Waals surface area contributed by atoms with Gasteiger partial charge in [0.25, 0.3) is 0 Å². The van der Waals surface area contributed by atoms with Gasteiger partial charge in [-0.3, -0.25) is 0 Å². The Morgan fingerprint density at radius 3 is 1.81 bits per heavy atom. The highest BCUT2D eigenvalue weighted by molar-refractivity contribution is 5.17. The van der Waals surface area contributed by atoms with Crippen LogP contribution in [0.4, 0.5) is 30.7 Å². The van der Waals surface area contributed by atoms with E-state index in [0.717, 1.165) is 0 Å². The molecule has 1 rings (SSSR count). The van der Waals surface area contributed by atoms with Crippen LogP contribution in [0.15, 0.2) is 18.5 Å². The number of alkyl halides is 7. The van der Waals surface area contributed by atoms with Crippen molar-refractivity contribution in [2.45, 2.75) is 18.0 Å². The fourth-order valence-corrected chi connectivity index (χ4v) is 0.836. The number of hydrogen-bond donors (Lipinski definition) is 0. The molecule has 0 N–H and O–H groups in total. The Balaban J connectivity index is 3.22. The molecule has 0 bridgehead atoms. The average molecular weight is 248 g/mol. The lowest BCUT2D eigenvalue weighted by Gasteiger charge is -2.27. The molecule has 0 saturated carbocycles. The minimum atomic E-state index is -6.35. The molecule has 0 aromatic carbocycles. The van der Waals surface area contributed by atoms with Gasteiger partial charge in [0.2, 0.25) is 0 Å². The second-order valence-corrected chi connectivity index (χ2v) is 2.78. The van der Waals surface area contributed by atoms with Crippen LogP contribution in [0.2, 0.25) is 0 Å². The summed E-state index contributed by atoms with van der Waals surface area (Å²) in [5, 5.41) is 5.81. The Kier molecular flexibility index (Phi) is 2.82. The molecule has 9 heteroatoms. The van der Waals surface area contributed by atoms with E-state index in [1.54, 1.807) is 0 Å². The molecule has 0 amide bonds. The first-order chi connectivity index (χ1) is 7.11. The Bertz CT molecular complexity index is 359. The van der Waals surface area contributed by atoms with Crippen LogP contribution in [-0.2, 0) is 5.92 Å². The SMILES string of the molecule is FC(F)(F)C(F)(F)C(F)(F)c1ccnnc1. The summed E-state index contributed by atoms with van der Waals surface area (Å²) in [5.74, 6) is -11.6. The second-order valence-electron chi connectivity index (χ2n) is 2.78. The van der Waals surface area contributed by atoms with Crippen molar-refractivity contribution in [1.29, 1.82) is 0 Å². The molecular formula is C7H3F7N2. The molecule has 90 valence electrons. The Morgan fingerprint density at radius 2 is 1.44 bits per heavy atom. The zero-order valence-corrected chi connectivity index (χ0v) is 7.27. The van der Waals surface area contributed by atoms with Crippen LogP contribution >= 0.6 is 0 Å². The van der Waals surface area contributed by atoms with E-state index in [9.17, 15) is 30.7 Å². The molecule has 0 saturated heterocycles. The Morgan fingerprint density at radius 1 is 0.875 bits per heavy atom. The minimum absolute atomic E-state index is 0.152. The van der Waals surface area contributed by atoms with Crippen molar-refractivity contribution in [2.75, 3.05) is 0 Å². The predicted octanol–water partition coefficient (Wildman–Crippen LogP) is 2.77. The quantitative estimate of drug-likeness (QED) is 0.752. The highest BCUT2D eigenvalue weighted by Gasteiger charge is 2.73. The number of aromatic nitrogens is 2. The van der Waals surface area contributed by atoms with Crippen LogP contribution in [0.1, 0.15) is 5.56 Å². The molecule has 0 aliphatic rings. The summed E-state index contributed by atoms with van der Waals surface area (Å²) >= 11 is 0. The molecular weight excluding hydrogens is 245 g/mol. The molecule has 0 spiro atoms. The van der Waals surface area contributed by atoms with Crippen molar-refractivity contribution in [1.82, 2.24) is 10.2 Å². The molecule has 0 unspecified atom stereocenters. The number of nitrogens with zero attached hydrogens (tertiary/aromatic N) is 2.